The molecule has 0 amide bonds. The fourth-order valence-corrected chi connectivity index (χ4v) is 0. The molecule has 0 spiro atoms. The van der Waals surface area contributed by atoms with Gasteiger partial charge in [0.1, 0.15) is 0 Å². The largest absolute Gasteiger partial charge is 0.518 e. The summed E-state index contributed by atoms with van der Waals surface area (Å²) in [6, 6.07) is 0. The first-order valence-electron chi connectivity index (χ1n) is 0.911. The summed E-state index contributed by atoms with van der Waals surface area (Å²) in [4.78, 5) is 0. The van der Waals surface area contributed by atoms with Gasteiger partial charge in [0.05, 0.1) is 0 Å². The van der Waals surface area contributed by atoms with Gasteiger partial charge in [-0.15, -0.1) is 0 Å². The van der Waals surface area contributed by atoms with Crippen LogP contribution in [0.25, 0.3) is 0 Å². The first-order chi connectivity index (χ1) is 1.41. The third-order valence-corrected chi connectivity index (χ3v) is 0. The molecule has 0 rings (SSSR count). The Balaban J connectivity index is -0.00000000133. The van der Waals surface area contributed by atoms with Crippen molar-refractivity contribution in [2.24, 2.45) is 0 Å². The second-order valence-electron chi connectivity index (χ2n) is 0.333. The summed E-state index contributed by atoms with van der Waals surface area (Å²) in [6.07, 6.45) is 1.50. The molecule has 0 radical (unpaired) electrons. The fourth-order valence-electron chi connectivity index (χ4n) is 0. The Morgan fingerprint density at radius 2 is 0.889 bits per heavy atom. The second kappa shape index (κ2) is 52.0. The minimum Gasteiger partial charge on any atom is -0.518 e. The van der Waals surface area contributed by atoms with E-state index in [-0.39, 0.29) is 163 Å². The maximum absolute atomic E-state index is 4.72. The van der Waals surface area contributed by atoms with Gasteiger partial charge in [-0.2, -0.15) is 0 Å². The van der Waals surface area contributed by atoms with Gasteiger partial charge in [0, 0.05) is 156 Å². The standard InChI is InChI=1S/C3H5.CH4.5U/c1-3-2;;;;;;/h1,3H,2H3;1H4;;;;;/q-1;;;;;;. The van der Waals surface area contributed by atoms with Gasteiger partial charge in [0.25, 0.3) is 0 Å². The zero-order valence-corrected chi connectivity index (χ0v) is 25.5. The second-order valence-corrected chi connectivity index (χ2v) is 0.333. The predicted molar refractivity (Wildman–Crippen MR) is 21.3 cm³/mol. The van der Waals surface area contributed by atoms with Crippen LogP contribution in [0.15, 0.2) is 6.08 Å². The normalized spacial score (nSPS) is 1.44. The molecular weight excluding hydrogens is 1240 g/mol. The fraction of sp³-hybridized carbons (Fsp3) is 0.500. The van der Waals surface area contributed by atoms with Crippen molar-refractivity contribution in [1.82, 2.24) is 0 Å². The van der Waals surface area contributed by atoms with E-state index in [0.717, 1.165) is 0 Å². The molecule has 0 unspecified atom stereocenters. The van der Waals surface area contributed by atoms with Crippen molar-refractivity contribution in [1.29, 1.82) is 0 Å². The van der Waals surface area contributed by atoms with Crippen molar-refractivity contribution < 1.29 is 156 Å². The minimum atomic E-state index is 0. The number of hydrogen-bond acceptors (Lipinski definition) is 0. The van der Waals surface area contributed by atoms with Crippen LogP contribution in [0.3, 0.4) is 0 Å². The van der Waals surface area contributed by atoms with Crippen LogP contribution in [0.5, 0.6) is 0 Å². The van der Waals surface area contributed by atoms with Crippen molar-refractivity contribution in [3.63, 3.8) is 0 Å². The molecule has 0 atom stereocenters. The Kier molecular flexibility index (Phi) is 279. The van der Waals surface area contributed by atoms with Gasteiger partial charge in [0.2, 0.25) is 0 Å². The van der Waals surface area contributed by atoms with E-state index in [2.05, 4.69) is 0 Å². The van der Waals surface area contributed by atoms with Crippen LogP contribution in [0.4, 0.5) is 0 Å². The van der Waals surface area contributed by atoms with Gasteiger partial charge in [-0.05, 0) is 0 Å². The average molecular weight is 1250 g/mol. The molecule has 0 aromatic rings. The van der Waals surface area contributed by atoms with E-state index in [1.165, 1.54) is 6.08 Å². The molecule has 9 heavy (non-hydrogen) atoms. The molecule has 0 heterocycles. The Bertz CT molecular complexity index is 16.4. The molecule has 0 aliphatic heterocycles. The third kappa shape index (κ3) is 62.9. The molecule has 0 N–H and O–H groups in total. The Morgan fingerprint density at radius 1 is 0.889 bits per heavy atom. The van der Waals surface area contributed by atoms with Crippen LogP contribution in [0.1, 0.15) is 14.4 Å². The molecule has 0 aliphatic rings. The van der Waals surface area contributed by atoms with Gasteiger partial charge >= 0.3 is 0 Å². The van der Waals surface area contributed by atoms with E-state index >= 15 is 0 Å². The molecule has 0 saturated heterocycles. The summed E-state index contributed by atoms with van der Waals surface area (Å²) < 4.78 is 0. The number of rotatable bonds is 0. The third-order valence-electron chi connectivity index (χ3n) is 0. The quantitative estimate of drug-likeness (QED) is 0.325. The van der Waals surface area contributed by atoms with Crippen molar-refractivity contribution in [3.05, 3.63) is 12.7 Å². The summed E-state index contributed by atoms with van der Waals surface area (Å²) in [5.41, 5.74) is 0. The van der Waals surface area contributed by atoms with Crippen molar-refractivity contribution in [2.75, 3.05) is 0 Å². The predicted octanol–water partition coefficient (Wildman–Crippen LogP) is 1.63. The summed E-state index contributed by atoms with van der Waals surface area (Å²) in [6.45, 7) is 6.50. The van der Waals surface area contributed by atoms with Crippen molar-refractivity contribution >= 4 is 0 Å². The van der Waals surface area contributed by atoms with Gasteiger partial charge in [-0.1, -0.05) is 14.4 Å². The van der Waals surface area contributed by atoms with E-state index in [0.29, 0.717) is 0 Å². The molecule has 0 bridgehead atoms. The first kappa shape index (κ1) is 48.3. The van der Waals surface area contributed by atoms with Crippen molar-refractivity contribution in [2.45, 2.75) is 14.4 Å². The molecule has 0 aromatic carbocycles. The van der Waals surface area contributed by atoms with Gasteiger partial charge in [-0.25, -0.2) is 0 Å². The maximum atomic E-state index is 4.72. The van der Waals surface area contributed by atoms with Gasteiger partial charge in [-0.3, -0.25) is 6.08 Å². The van der Waals surface area contributed by atoms with Crippen LogP contribution in [0.2, 0.25) is 0 Å². The van der Waals surface area contributed by atoms with Crippen LogP contribution < -0.4 is 0 Å². The Morgan fingerprint density at radius 3 is 0.889 bits per heavy atom. The molecular formula is C4H9U5-. The minimum absolute atomic E-state index is 0. The zero-order chi connectivity index (χ0) is 2.71. The van der Waals surface area contributed by atoms with E-state index in [4.69, 9.17) is 6.58 Å². The SMILES string of the molecule is C.[CH-]=CC.[U].[U].[U].[U].[U]. The summed E-state index contributed by atoms with van der Waals surface area (Å²) in [7, 11) is 0. The Hall–Kier alpha value is 5.00. The van der Waals surface area contributed by atoms with Crippen LogP contribution in [-0.2, 0) is 0 Å². The molecule has 0 saturated carbocycles. The average Bonchev–Trinajstić information content (AvgIpc) is 0.918. The molecule has 0 aromatic heterocycles. The number of hydrogen-bond donors (Lipinski definition) is 0. The van der Waals surface area contributed by atoms with Crippen LogP contribution in [0, 0.1) is 162 Å². The van der Waals surface area contributed by atoms with Gasteiger partial charge in [0.15, 0.2) is 0 Å². The molecule has 46 valence electrons. The number of allylic oxidation sites excluding steroid dienone is 1. The Labute approximate surface area is 178 Å². The van der Waals surface area contributed by atoms with Crippen molar-refractivity contribution in [3.8, 4) is 0 Å². The van der Waals surface area contributed by atoms with Crippen LogP contribution >= 0.6 is 0 Å². The molecule has 5 heteroatoms. The van der Waals surface area contributed by atoms with E-state index in [1.807, 2.05) is 0 Å². The molecule has 0 aliphatic carbocycles. The van der Waals surface area contributed by atoms with Gasteiger partial charge < -0.3 is 6.58 Å². The zero-order valence-electron chi connectivity index (χ0n) is 4.65. The molecule has 0 fully saturated rings. The van der Waals surface area contributed by atoms with E-state index in [9.17, 15) is 0 Å². The van der Waals surface area contributed by atoms with Crippen LogP contribution in [-0.4, -0.2) is 0 Å². The van der Waals surface area contributed by atoms with E-state index < -0.39 is 0 Å². The van der Waals surface area contributed by atoms with E-state index in [1.54, 1.807) is 6.92 Å². The summed E-state index contributed by atoms with van der Waals surface area (Å²) in [5, 5.41) is 0. The summed E-state index contributed by atoms with van der Waals surface area (Å²) >= 11 is 0. The first-order valence-corrected chi connectivity index (χ1v) is 0.911. The topological polar surface area (TPSA) is 0 Å². The molecule has 0 nitrogen and oxygen atoms in total. The maximum Gasteiger partial charge on any atom is 0 e. The smallest absolute Gasteiger partial charge is 0 e. The summed E-state index contributed by atoms with van der Waals surface area (Å²) in [5.74, 6) is 0. The monoisotopic (exact) mass is 1250 g/mol.